The van der Waals surface area contributed by atoms with Crippen LogP contribution in [0.25, 0.3) is 0 Å². The lowest BCUT2D eigenvalue weighted by Gasteiger charge is -2.47. The number of ketones is 2. The summed E-state index contributed by atoms with van der Waals surface area (Å²) in [6.07, 6.45) is 6.15. The third kappa shape index (κ3) is 26.9. The Hall–Kier alpha value is -5.65. The monoisotopic (exact) mass is 1350 g/mol. The number of Topliss-reactive ketones (excluding diaryl/α,β-unsaturated/α-hetero) is 2. The second-order valence-corrected chi connectivity index (χ2v) is 26.9. The second kappa shape index (κ2) is 40.4. The first-order valence-electron chi connectivity index (χ1n) is 34.3. The lowest BCUT2D eigenvalue weighted by Crippen LogP contribution is -2.64. The Labute approximate surface area is 565 Å². The summed E-state index contributed by atoms with van der Waals surface area (Å²) in [5.41, 5.74) is 1.30. The van der Waals surface area contributed by atoms with Gasteiger partial charge in [-0.3, -0.25) is 24.0 Å². The molecule has 0 spiro atoms. The SMILES string of the molecule is CNc1ccc(C(=O)CC(O)CCC(C)C2OC(=O)CC(O)CC(=O)CC(O)CC(O)CC(O)CC(O)CC3(O)CC(O)C(C(=O)N4CCN(C)CC4)C(CC(O[C@@H]4O[C@H](C)[C@@H](O)[C@H](NC(=O)CCN5CCCCC5)[C@@H]4O)/C=C/C=C/C=C/C=C/C=C/C=C/C=C/C2C)O3)cc1. The Bertz CT molecular complexity index is 2780. The van der Waals surface area contributed by atoms with E-state index >= 15 is 0 Å². The molecule has 536 valence electrons. The molecule has 0 aliphatic carbocycles. The van der Waals surface area contributed by atoms with Crippen LogP contribution in [0.1, 0.15) is 134 Å². The molecule has 1 aromatic rings. The van der Waals surface area contributed by atoms with Crippen LogP contribution >= 0.6 is 0 Å². The fourth-order valence-corrected chi connectivity index (χ4v) is 13.1. The third-order valence-corrected chi connectivity index (χ3v) is 18.6. The van der Waals surface area contributed by atoms with Gasteiger partial charge in [-0.15, -0.1) is 0 Å². The van der Waals surface area contributed by atoms with Crippen molar-refractivity contribution in [2.75, 3.05) is 65.2 Å². The molecule has 24 nitrogen and oxygen atoms in total. The van der Waals surface area contributed by atoms with E-state index in [0.717, 1.165) is 38.0 Å². The number of fused-ring (bicyclic) bond motifs is 2. The molecule has 5 aliphatic rings. The number of benzene rings is 1. The molecule has 1 aromatic carbocycles. The van der Waals surface area contributed by atoms with E-state index in [1.165, 1.54) is 0 Å². The predicted octanol–water partition coefficient (Wildman–Crippen LogP) is 3.47. The van der Waals surface area contributed by atoms with Gasteiger partial charge in [0.1, 0.15) is 24.1 Å². The predicted molar refractivity (Wildman–Crippen MR) is 360 cm³/mol. The first-order valence-corrected chi connectivity index (χ1v) is 34.3. The molecular weight excluding hydrogens is 1240 g/mol. The maximum absolute atomic E-state index is 14.6. The zero-order chi connectivity index (χ0) is 69.9. The summed E-state index contributed by atoms with van der Waals surface area (Å²) in [5, 5.41) is 119. The van der Waals surface area contributed by atoms with Crippen LogP contribution in [0.4, 0.5) is 5.69 Å². The smallest absolute Gasteiger partial charge is 0.308 e. The quantitative estimate of drug-likeness (QED) is 0.0883. The molecule has 0 radical (unpaired) electrons. The van der Waals surface area contributed by atoms with Gasteiger partial charge < -0.3 is 95.3 Å². The summed E-state index contributed by atoms with van der Waals surface area (Å²) in [6, 6.07) is 5.72. The molecule has 4 fully saturated rings. The highest BCUT2D eigenvalue weighted by Crippen LogP contribution is 2.39. The average Bonchev–Trinajstić information content (AvgIpc) is 0.779. The van der Waals surface area contributed by atoms with Gasteiger partial charge in [0.25, 0.3) is 0 Å². The van der Waals surface area contributed by atoms with Crippen LogP contribution in [0, 0.1) is 17.8 Å². The summed E-state index contributed by atoms with van der Waals surface area (Å²) in [4.78, 5) is 73.4. The first kappa shape index (κ1) is 79.3. The lowest BCUT2D eigenvalue weighted by molar-refractivity contribution is -0.308. The van der Waals surface area contributed by atoms with Crippen LogP contribution in [0.3, 0.4) is 0 Å². The lowest BCUT2D eigenvalue weighted by atomic mass is 9.81. The maximum atomic E-state index is 14.6. The topological polar surface area (TPSA) is 358 Å². The minimum Gasteiger partial charge on any atom is -0.461 e. The molecule has 5 aliphatic heterocycles. The number of hydrogen-bond acceptors (Lipinski definition) is 22. The van der Waals surface area contributed by atoms with E-state index in [1.807, 2.05) is 45.2 Å². The number of carbonyl (C=O) groups excluding carboxylic acids is 5. The fraction of sp³-hybridized carbons (Fsp3) is 0.653. The molecule has 6 rings (SSSR count). The number of cyclic esters (lactones) is 1. The summed E-state index contributed by atoms with van der Waals surface area (Å²) in [6.45, 7) is 9.35. The number of aliphatic hydroxyl groups is 10. The van der Waals surface area contributed by atoms with Gasteiger partial charge in [-0.05, 0) is 102 Å². The van der Waals surface area contributed by atoms with E-state index in [4.69, 9.17) is 18.9 Å². The van der Waals surface area contributed by atoms with Crippen molar-refractivity contribution in [2.24, 2.45) is 17.8 Å². The molecule has 5 heterocycles. The summed E-state index contributed by atoms with van der Waals surface area (Å²) >= 11 is 0. The number of likely N-dealkylation sites (tertiary alicyclic amines) is 1. The average molecular weight is 1350 g/mol. The van der Waals surface area contributed by atoms with Gasteiger partial charge in [0, 0.05) is 102 Å². The third-order valence-electron chi connectivity index (χ3n) is 18.6. The van der Waals surface area contributed by atoms with Crippen LogP contribution in [0.2, 0.25) is 0 Å². The van der Waals surface area contributed by atoms with Crippen LogP contribution < -0.4 is 10.6 Å². The number of amides is 2. The van der Waals surface area contributed by atoms with E-state index in [0.29, 0.717) is 44.7 Å². The molecule has 2 amide bonds. The molecule has 2 bridgehead atoms. The number of aliphatic hydroxyl groups excluding tert-OH is 9. The van der Waals surface area contributed by atoms with Crippen molar-refractivity contribution >= 4 is 35.0 Å². The van der Waals surface area contributed by atoms with Crippen molar-refractivity contribution in [1.29, 1.82) is 0 Å². The maximum Gasteiger partial charge on any atom is 0.308 e. The van der Waals surface area contributed by atoms with E-state index in [1.54, 1.807) is 104 Å². The van der Waals surface area contributed by atoms with Gasteiger partial charge in [0.05, 0.1) is 79.4 Å². The van der Waals surface area contributed by atoms with Crippen LogP contribution in [-0.4, -0.2) is 252 Å². The molecule has 0 aromatic heterocycles. The van der Waals surface area contributed by atoms with Gasteiger partial charge in [0.2, 0.25) is 11.8 Å². The van der Waals surface area contributed by atoms with Gasteiger partial charge in [0.15, 0.2) is 17.9 Å². The fourth-order valence-electron chi connectivity index (χ4n) is 13.1. The molecule has 0 saturated carbocycles. The second-order valence-electron chi connectivity index (χ2n) is 26.9. The molecule has 24 heteroatoms. The van der Waals surface area contributed by atoms with E-state index in [-0.39, 0.29) is 62.1 Å². The number of ether oxygens (including phenoxy) is 4. The van der Waals surface area contributed by atoms with Crippen molar-refractivity contribution in [2.45, 2.75) is 221 Å². The van der Waals surface area contributed by atoms with E-state index in [2.05, 4.69) is 20.4 Å². The Balaban J connectivity index is 1.22. The van der Waals surface area contributed by atoms with Crippen molar-refractivity contribution < 1.29 is 94.0 Å². The summed E-state index contributed by atoms with van der Waals surface area (Å²) in [7, 11) is 3.69. The number of nitrogens with one attached hydrogen (secondary N) is 2. The van der Waals surface area contributed by atoms with Crippen molar-refractivity contribution in [1.82, 2.24) is 20.0 Å². The Morgan fingerprint density at radius 1 is 0.688 bits per heavy atom. The van der Waals surface area contributed by atoms with Gasteiger partial charge >= 0.3 is 5.97 Å². The molecular formula is C72H109N5O19. The number of carbonyl (C=O) groups is 5. The number of likely N-dealkylation sites (N-methyl/N-ethyl adjacent to an activating group) is 1. The Morgan fingerprint density at radius 3 is 1.90 bits per heavy atom. The number of rotatable bonds is 15. The highest BCUT2D eigenvalue weighted by atomic mass is 16.7. The summed E-state index contributed by atoms with van der Waals surface area (Å²) < 4.78 is 25.0. The molecule has 12 N–H and O–H groups in total. The van der Waals surface area contributed by atoms with Crippen LogP contribution in [-0.2, 0) is 38.1 Å². The number of nitrogens with zero attached hydrogens (tertiary/aromatic N) is 3. The molecule has 4 saturated heterocycles. The highest BCUT2D eigenvalue weighted by molar-refractivity contribution is 5.96. The molecule has 96 heavy (non-hydrogen) atoms. The Morgan fingerprint density at radius 2 is 1.27 bits per heavy atom. The number of hydrogen-bond donors (Lipinski definition) is 12. The van der Waals surface area contributed by atoms with Gasteiger partial charge in [-0.2, -0.15) is 0 Å². The number of esters is 1. The van der Waals surface area contributed by atoms with Gasteiger partial charge in [-0.1, -0.05) is 105 Å². The number of allylic oxidation sites excluding steroid dienone is 12. The minimum absolute atomic E-state index is 0.106. The van der Waals surface area contributed by atoms with Crippen molar-refractivity contribution in [3.8, 4) is 0 Å². The Kier molecular flexibility index (Phi) is 33.4. The zero-order valence-electron chi connectivity index (χ0n) is 56.5. The normalized spacial score (nSPS) is 36.0. The van der Waals surface area contributed by atoms with E-state index < -0.39 is 160 Å². The number of anilines is 1. The highest BCUT2D eigenvalue weighted by Gasteiger charge is 2.52. The van der Waals surface area contributed by atoms with Gasteiger partial charge in [-0.25, -0.2) is 0 Å². The zero-order valence-corrected chi connectivity index (χ0v) is 56.5. The first-order chi connectivity index (χ1) is 45.8. The standard InChI is InChI=1S/C72H109N5O19/c1-47-21-17-14-12-10-8-6-7-9-11-13-15-18-22-59(94-71-68(90)66(67(89)49(3)93-71)74-63(87)29-32-76-30-19-16-20-31-76)44-62-65(70(91)77-35-33-75(5)34-36-77)61(86)46-72(92,96-62)45-58(84)41-56(82)39-54(80)37-53(79)38-55(81)40-57(83)43-64(88)95-69(47)48(2)23-28-52(78)42-60(85)50-24-26-51(73-4)27-25-50/h6-15,17-18,21-22,24-27,47-49,52-54,56-59,61-62,65-69,71,73,78-80,82-84,86,89-90,92H,16,19-20,23,28-46H2,1-5H3,(H,74,87)/b7-6+,10-8+,11-9+,14-12+,15-13+,21-17+,22-18+/t47?,48?,49-,52?,53?,54?,56?,57?,58?,59?,61?,62?,65?,66+,67-,68+,69?,71+,72?/m1/s1. The molecule has 19 atom stereocenters. The largest absolute Gasteiger partial charge is 0.461 e. The van der Waals surface area contributed by atoms with Crippen molar-refractivity contribution in [3.05, 3.63) is 115 Å². The molecule has 14 unspecified atom stereocenters. The van der Waals surface area contributed by atoms with E-state index in [9.17, 15) is 75.0 Å². The number of piperazine rings is 1. The van der Waals surface area contributed by atoms with Crippen molar-refractivity contribution in [3.63, 3.8) is 0 Å². The minimum atomic E-state index is -2.31. The van der Waals surface area contributed by atoms with Crippen LogP contribution in [0.15, 0.2) is 109 Å². The van der Waals surface area contributed by atoms with Crippen LogP contribution in [0.5, 0.6) is 0 Å². The number of piperidine rings is 1. The summed E-state index contributed by atoms with van der Waals surface area (Å²) in [5.74, 6) is -6.73.